The van der Waals surface area contributed by atoms with Crippen molar-refractivity contribution in [3.63, 3.8) is 0 Å². The summed E-state index contributed by atoms with van der Waals surface area (Å²) >= 11 is 0. The third kappa shape index (κ3) is 8.94. The van der Waals surface area contributed by atoms with E-state index in [9.17, 15) is 0 Å². The summed E-state index contributed by atoms with van der Waals surface area (Å²) in [7, 11) is 0. The number of aromatic nitrogens is 2. The third-order valence-corrected chi connectivity index (χ3v) is 19.7. The number of nitrogens with zero attached hydrogens (tertiary/aromatic N) is 2. The first-order chi connectivity index (χ1) is 46.1. The van der Waals surface area contributed by atoms with Crippen LogP contribution in [0.1, 0.15) is 22.3 Å². The van der Waals surface area contributed by atoms with Gasteiger partial charge in [-0.2, -0.15) is 0 Å². The molecule has 2 nitrogen and oxygen atoms in total. The second kappa shape index (κ2) is 22.1. The molecule has 1 aliphatic rings. The Labute approximate surface area is 541 Å². The Hall–Kier alpha value is -12.1. The lowest BCUT2D eigenvalue weighted by Crippen LogP contribution is -2.29. The van der Waals surface area contributed by atoms with E-state index < -0.39 is 5.41 Å². The highest BCUT2D eigenvalue weighted by Crippen LogP contribution is 2.58. The SMILES string of the molecule is c1ccc(-c2ccc(-c3ccccc3C3(c4cccc(-c5ccc(-c6ccc(-c7cccc(-n8c9ccccc9c9cc(-c%10ccc%11c(c%10)c%10ccccc%10n%11-c%10ccc(-c%11ccccc%11)cc%10)ccc98)c7)cc6)cc5)c4)c4ccccc4-c4ccccc43)cc2)cc1. The Kier molecular flexibility index (Phi) is 12.8. The third-order valence-electron chi connectivity index (χ3n) is 19.7. The van der Waals surface area contributed by atoms with Crippen LogP contribution in [-0.2, 0) is 5.41 Å². The zero-order valence-corrected chi connectivity index (χ0v) is 51.0. The van der Waals surface area contributed by atoms with E-state index in [-0.39, 0.29) is 0 Å². The van der Waals surface area contributed by atoms with Crippen molar-refractivity contribution in [1.82, 2.24) is 9.13 Å². The fourth-order valence-electron chi connectivity index (χ4n) is 15.3. The van der Waals surface area contributed by atoms with Gasteiger partial charge < -0.3 is 9.13 Å². The Bertz CT molecular complexity index is 5650. The van der Waals surface area contributed by atoms with E-state index >= 15 is 0 Å². The van der Waals surface area contributed by atoms with Crippen LogP contribution in [0.15, 0.2) is 364 Å². The lowest BCUT2D eigenvalue weighted by Gasteiger charge is -2.36. The molecular weight excluding hydrogens is 1120 g/mol. The molecule has 0 radical (unpaired) electrons. The number of hydrogen-bond donors (Lipinski definition) is 0. The molecule has 18 rings (SSSR count). The van der Waals surface area contributed by atoms with Crippen LogP contribution in [0, 0.1) is 0 Å². The van der Waals surface area contributed by atoms with Crippen molar-refractivity contribution in [1.29, 1.82) is 0 Å². The van der Waals surface area contributed by atoms with Crippen molar-refractivity contribution in [2.75, 3.05) is 0 Å². The van der Waals surface area contributed by atoms with Crippen molar-refractivity contribution in [3.8, 4) is 100 Å². The highest BCUT2D eigenvalue weighted by Gasteiger charge is 2.47. The summed E-state index contributed by atoms with van der Waals surface area (Å²) in [5, 5.41) is 4.95. The number of fused-ring (bicyclic) bond motifs is 9. The first kappa shape index (κ1) is 53.9. The van der Waals surface area contributed by atoms with E-state index in [0.717, 1.165) is 11.4 Å². The van der Waals surface area contributed by atoms with Crippen molar-refractivity contribution in [3.05, 3.63) is 386 Å². The molecule has 17 aromatic rings. The average Bonchev–Trinajstić information content (AvgIpc) is 1.57. The maximum Gasteiger partial charge on any atom is 0.0719 e. The van der Waals surface area contributed by atoms with E-state index in [1.807, 2.05) is 0 Å². The van der Waals surface area contributed by atoms with Gasteiger partial charge in [0.05, 0.1) is 27.5 Å². The molecule has 15 aromatic carbocycles. The highest BCUT2D eigenvalue weighted by atomic mass is 15.0. The Morgan fingerprint density at radius 2 is 0.495 bits per heavy atom. The van der Waals surface area contributed by atoms with Crippen LogP contribution in [0.3, 0.4) is 0 Å². The summed E-state index contributed by atoms with van der Waals surface area (Å²) in [5.41, 5.74) is 30.9. The van der Waals surface area contributed by atoms with Gasteiger partial charge in [0, 0.05) is 32.9 Å². The topological polar surface area (TPSA) is 9.86 Å². The first-order valence-electron chi connectivity index (χ1n) is 32.2. The van der Waals surface area contributed by atoms with Gasteiger partial charge in [0.25, 0.3) is 0 Å². The van der Waals surface area contributed by atoms with Gasteiger partial charge in [0.1, 0.15) is 0 Å². The van der Waals surface area contributed by atoms with Crippen LogP contribution in [0.25, 0.3) is 144 Å². The van der Waals surface area contributed by atoms with Crippen LogP contribution < -0.4 is 0 Å². The number of benzene rings is 15. The standard InChI is InChI=1S/C91H60N2/c1-3-19-61(20-4-1)63-45-47-69(48-46-63)77-27-7-12-32-84(77)91(85-33-13-8-28-78(85)79-29-9-14-34-86(79)91)74-25-17-23-70(57-74)67-41-37-64(38-42-67)65-39-43-68(44-40-65)71-24-18-26-76(58-71)93-88-36-16-11-31-81(88)83-60-73(52-56-90(83)93)72-51-55-89-82(59-72)80-30-10-15-35-87(80)92(89)75-53-49-66(50-54-75)62-21-5-2-6-22-62/h1-60H. The summed E-state index contributed by atoms with van der Waals surface area (Å²) in [6.07, 6.45) is 0. The molecule has 0 unspecified atom stereocenters. The molecule has 0 spiro atoms. The molecule has 0 saturated carbocycles. The van der Waals surface area contributed by atoms with Crippen LogP contribution in [-0.4, -0.2) is 9.13 Å². The van der Waals surface area contributed by atoms with Gasteiger partial charge in [-0.15, -0.1) is 0 Å². The molecule has 2 heteroatoms. The molecule has 0 saturated heterocycles. The van der Waals surface area contributed by atoms with Crippen molar-refractivity contribution in [2.24, 2.45) is 0 Å². The smallest absolute Gasteiger partial charge is 0.0719 e. The van der Waals surface area contributed by atoms with Gasteiger partial charge in [-0.05, 0) is 178 Å². The predicted molar refractivity (Wildman–Crippen MR) is 390 cm³/mol. The van der Waals surface area contributed by atoms with E-state index in [4.69, 9.17) is 0 Å². The van der Waals surface area contributed by atoms with Gasteiger partial charge in [-0.25, -0.2) is 0 Å². The molecule has 93 heavy (non-hydrogen) atoms. The lowest BCUT2D eigenvalue weighted by atomic mass is 9.65. The highest BCUT2D eigenvalue weighted by molar-refractivity contribution is 6.13. The quantitative estimate of drug-likeness (QED) is 0.122. The Balaban J connectivity index is 0.643. The molecule has 1 aliphatic carbocycles. The second-order valence-electron chi connectivity index (χ2n) is 24.7. The lowest BCUT2D eigenvalue weighted by molar-refractivity contribution is 0.771. The van der Waals surface area contributed by atoms with Gasteiger partial charge in [0.15, 0.2) is 0 Å². The van der Waals surface area contributed by atoms with E-state index in [0.29, 0.717) is 0 Å². The van der Waals surface area contributed by atoms with Crippen molar-refractivity contribution in [2.45, 2.75) is 5.41 Å². The first-order valence-corrected chi connectivity index (χ1v) is 32.2. The van der Waals surface area contributed by atoms with E-state index in [2.05, 4.69) is 373 Å². The molecule has 0 bridgehead atoms. The van der Waals surface area contributed by atoms with Crippen LogP contribution in [0.4, 0.5) is 0 Å². The largest absolute Gasteiger partial charge is 0.309 e. The second-order valence-corrected chi connectivity index (χ2v) is 24.7. The van der Waals surface area contributed by atoms with Crippen LogP contribution in [0.5, 0.6) is 0 Å². The van der Waals surface area contributed by atoms with Gasteiger partial charge in [-0.3, -0.25) is 0 Å². The summed E-state index contributed by atoms with van der Waals surface area (Å²) in [6, 6.07) is 135. The summed E-state index contributed by atoms with van der Waals surface area (Å²) in [5.74, 6) is 0. The summed E-state index contributed by atoms with van der Waals surface area (Å²) in [6.45, 7) is 0. The maximum atomic E-state index is 2.44. The van der Waals surface area contributed by atoms with E-state index in [1.54, 1.807) is 0 Å². The predicted octanol–water partition coefficient (Wildman–Crippen LogP) is 23.9. The zero-order chi connectivity index (χ0) is 61.4. The minimum atomic E-state index is -0.575. The van der Waals surface area contributed by atoms with Crippen molar-refractivity contribution < 1.29 is 0 Å². The normalized spacial score (nSPS) is 12.4. The van der Waals surface area contributed by atoms with Gasteiger partial charge >= 0.3 is 0 Å². The summed E-state index contributed by atoms with van der Waals surface area (Å²) < 4.78 is 4.83. The Morgan fingerprint density at radius 3 is 1.00 bits per heavy atom. The molecule has 2 aromatic heterocycles. The van der Waals surface area contributed by atoms with E-state index in [1.165, 1.54) is 155 Å². The average molecular weight is 1180 g/mol. The van der Waals surface area contributed by atoms with Crippen LogP contribution in [0.2, 0.25) is 0 Å². The number of para-hydroxylation sites is 2. The Morgan fingerprint density at radius 1 is 0.172 bits per heavy atom. The van der Waals surface area contributed by atoms with Crippen molar-refractivity contribution >= 4 is 43.6 Å². The minimum Gasteiger partial charge on any atom is -0.309 e. The minimum absolute atomic E-state index is 0.575. The fourth-order valence-corrected chi connectivity index (χ4v) is 15.3. The molecule has 0 fully saturated rings. The molecule has 0 aliphatic heterocycles. The summed E-state index contributed by atoms with van der Waals surface area (Å²) in [4.78, 5) is 0. The molecular formula is C91H60N2. The fraction of sp³-hybridized carbons (Fsp3) is 0.0110. The number of rotatable bonds is 11. The molecule has 0 N–H and O–H groups in total. The molecule has 0 atom stereocenters. The maximum absolute atomic E-state index is 2.44. The monoisotopic (exact) mass is 1180 g/mol. The zero-order valence-electron chi connectivity index (χ0n) is 51.0. The molecule has 2 heterocycles. The number of hydrogen-bond acceptors (Lipinski definition) is 0. The molecule has 434 valence electrons. The van der Waals surface area contributed by atoms with Gasteiger partial charge in [-0.1, -0.05) is 297 Å². The van der Waals surface area contributed by atoms with Crippen LogP contribution >= 0.6 is 0 Å². The molecule has 0 amide bonds. The van der Waals surface area contributed by atoms with Gasteiger partial charge in [0.2, 0.25) is 0 Å².